The first-order valence-electron chi connectivity index (χ1n) is 5.72. The normalized spacial score (nSPS) is 10.3. The van der Waals surface area contributed by atoms with Crippen molar-refractivity contribution in [2.75, 3.05) is 7.11 Å². The van der Waals surface area contributed by atoms with Crippen LogP contribution in [0.1, 0.15) is 15.9 Å². The maximum atomic E-state index is 13.3. The highest BCUT2D eigenvalue weighted by Gasteiger charge is 2.15. The summed E-state index contributed by atoms with van der Waals surface area (Å²) >= 11 is 5.84. The van der Waals surface area contributed by atoms with E-state index >= 15 is 0 Å². The summed E-state index contributed by atoms with van der Waals surface area (Å²) in [6.45, 7) is 0. The molecule has 0 N–H and O–H groups in total. The summed E-state index contributed by atoms with van der Waals surface area (Å²) in [6.07, 6.45) is 0.0387. The van der Waals surface area contributed by atoms with Gasteiger partial charge < -0.3 is 4.74 Å². The van der Waals surface area contributed by atoms with Gasteiger partial charge >= 0.3 is 0 Å². The molecule has 4 heteroatoms. The van der Waals surface area contributed by atoms with Gasteiger partial charge in [-0.25, -0.2) is 4.39 Å². The van der Waals surface area contributed by atoms with Crippen molar-refractivity contribution in [3.8, 4) is 5.75 Å². The lowest BCUT2D eigenvalue weighted by atomic mass is 10.0. The Kier molecular flexibility index (Phi) is 4.17. The molecule has 0 aromatic heterocycles. The van der Waals surface area contributed by atoms with Gasteiger partial charge in [-0.05, 0) is 23.8 Å². The average Bonchev–Trinajstić information content (AvgIpc) is 2.43. The molecule has 0 saturated carbocycles. The van der Waals surface area contributed by atoms with Gasteiger partial charge in [0.05, 0.1) is 17.7 Å². The van der Waals surface area contributed by atoms with Gasteiger partial charge in [-0.15, -0.1) is 0 Å². The van der Waals surface area contributed by atoms with E-state index < -0.39 is 5.82 Å². The Hall–Kier alpha value is -1.87. The molecule has 0 aliphatic rings. The number of hydrogen-bond donors (Lipinski definition) is 0. The van der Waals surface area contributed by atoms with Crippen molar-refractivity contribution in [2.24, 2.45) is 0 Å². The van der Waals surface area contributed by atoms with E-state index in [1.807, 2.05) is 0 Å². The molecule has 2 aromatic carbocycles. The molecule has 0 amide bonds. The molecular weight excluding hydrogens is 267 g/mol. The third kappa shape index (κ3) is 2.93. The predicted molar refractivity (Wildman–Crippen MR) is 72.4 cm³/mol. The first-order valence-corrected chi connectivity index (χ1v) is 6.10. The number of rotatable bonds is 4. The second kappa shape index (κ2) is 5.85. The second-order valence-corrected chi connectivity index (χ2v) is 4.39. The summed E-state index contributed by atoms with van der Waals surface area (Å²) in [5, 5.41) is -0.00857. The Morgan fingerprint density at radius 2 is 1.95 bits per heavy atom. The van der Waals surface area contributed by atoms with E-state index in [0.29, 0.717) is 16.9 Å². The molecular formula is C15H12ClFO2. The van der Waals surface area contributed by atoms with E-state index in [2.05, 4.69) is 0 Å². The molecule has 19 heavy (non-hydrogen) atoms. The van der Waals surface area contributed by atoms with Gasteiger partial charge in [-0.3, -0.25) is 4.79 Å². The first-order chi connectivity index (χ1) is 9.13. The van der Waals surface area contributed by atoms with Gasteiger partial charge in [0.1, 0.15) is 11.6 Å². The highest BCUT2D eigenvalue weighted by Crippen LogP contribution is 2.24. The first kappa shape index (κ1) is 13.6. The molecule has 0 fully saturated rings. The van der Waals surface area contributed by atoms with Crippen LogP contribution in [0.4, 0.5) is 4.39 Å². The highest BCUT2D eigenvalue weighted by atomic mass is 35.5. The average molecular weight is 279 g/mol. The van der Waals surface area contributed by atoms with Gasteiger partial charge in [0, 0.05) is 6.42 Å². The fourth-order valence-electron chi connectivity index (χ4n) is 1.83. The molecule has 0 atom stereocenters. The van der Waals surface area contributed by atoms with Gasteiger partial charge in [-0.2, -0.15) is 0 Å². The third-order valence-electron chi connectivity index (χ3n) is 2.79. The van der Waals surface area contributed by atoms with Gasteiger partial charge in [0.2, 0.25) is 0 Å². The van der Waals surface area contributed by atoms with Crippen molar-refractivity contribution >= 4 is 17.4 Å². The number of ketones is 1. The van der Waals surface area contributed by atoms with Crippen molar-refractivity contribution < 1.29 is 13.9 Å². The second-order valence-electron chi connectivity index (χ2n) is 4.01. The predicted octanol–water partition coefficient (Wildman–Crippen LogP) is 3.91. The number of halogens is 2. The molecule has 0 aliphatic heterocycles. The van der Waals surface area contributed by atoms with Crippen LogP contribution in [0, 0.1) is 5.82 Å². The zero-order chi connectivity index (χ0) is 13.8. The van der Waals surface area contributed by atoms with Crippen LogP contribution in [0.5, 0.6) is 5.75 Å². The number of Topliss-reactive ketones (excluding diaryl/α,β-unsaturated/α-hetero) is 1. The molecule has 0 unspecified atom stereocenters. The monoisotopic (exact) mass is 278 g/mol. The smallest absolute Gasteiger partial charge is 0.171 e. The molecule has 2 aromatic rings. The zero-order valence-electron chi connectivity index (χ0n) is 10.3. The lowest BCUT2D eigenvalue weighted by Crippen LogP contribution is -2.06. The van der Waals surface area contributed by atoms with Gasteiger partial charge in [0.25, 0.3) is 0 Å². The summed E-state index contributed by atoms with van der Waals surface area (Å²) in [4.78, 5) is 12.2. The van der Waals surface area contributed by atoms with E-state index in [4.69, 9.17) is 16.3 Å². The van der Waals surface area contributed by atoms with Gasteiger partial charge in [-0.1, -0.05) is 35.9 Å². The van der Waals surface area contributed by atoms with Crippen LogP contribution in [-0.2, 0) is 6.42 Å². The Morgan fingerprint density at radius 3 is 2.68 bits per heavy atom. The number of para-hydroxylation sites is 1. The van der Waals surface area contributed by atoms with Crippen molar-refractivity contribution in [1.82, 2.24) is 0 Å². The number of benzene rings is 2. The number of carbonyl (C=O) groups excluding carboxylic acids is 1. The minimum absolute atomic E-state index is 0.00857. The molecule has 2 nitrogen and oxygen atoms in total. The molecule has 0 saturated heterocycles. The number of hydrogen-bond acceptors (Lipinski definition) is 2. The quantitative estimate of drug-likeness (QED) is 0.793. The van der Waals surface area contributed by atoms with Crippen LogP contribution >= 0.6 is 11.6 Å². The Morgan fingerprint density at radius 1 is 1.21 bits per heavy atom. The van der Waals surface area contributed by atoms with E-state index in [1.165, 1.54) is 19.2 Å². The van der Waals surface area contributed by atoms with Crippen molar-refractivity contribution in [3.63, 3.8) is 0 Å². The van der Waals surface area contributed by atoms with E-state index in [1.54, 1.807) is 30.3 Å². The minimum atomic E-state index is -0.521. The SMILES string of the molecule is COc1ccccc1C(=O)Cc1cccc(F)c1Cl. The summed E-state index contributed by atoms with van der Waals surface area (Å²) in [5.74, 6) is -0.183. The molecule has 0 radical (unpaired) electrons. The standard InChI is InChI=1S/C15H12ClFO2/c1-19-14-8-3-2-6-11(14)13(18)9-10-5-4-7-12(17)15(10)16/h2-8H,9H2,1H3. The maximum Gasteiger partial charge on any atom is 0.171 e. The number of methoxy groups -OCH3 is 1. The number of ether oxygens (including phenoxy) is 1. The zero-order valence-corrected chi connectivity index (χ0v) is 11.1. The fourth-order valence-corrected chi connectivity index (χ4v) is 2.02. The summed E-state index contributed by atoms with van der Waals surface area (Å²) in [5.41, 5.74) is 0.933. The molecule has 98 valence electrons. The molecule has 0 heterocycles. The molecule has 2 rings (SSSR count). The fraction of sp³-hybridized carbons (Fsp3) is 0.133. The largest absolute Gasteiger partial charge is 0.496 e. The van der Waals surface area contributed by atoms with Crippen LogP contribution in [0.3, 0.4) is 0 Å². The van der Waals surface area contributed by atoms with Crippen molar-refractivity contribution in [3.05, 3.63) is 64.4 Å². The van der Waals surface area contributed by atoms with Crippen LogP contribution in [0.25, 0.3) is 0 Å². The topological polar surface area (TPSA) is 26.3 Å². The van der Waals surface area contributed by atoms with Gasteiger partial charge in [0.15, 0.2) is 5.78 Å². The van der Waals surface area contributed by atoms with Crippen LogP contribution in [0.15, 0.2) is 42.5 Å². The third-order valence-corrected chi connectivity index (χ3v) is 3.21. The Labute approximate surface area is 115 Å². The molecule has 0 spiro atoms. The number of carbonyl (C=O) groups is 1. The van der Waals surface area contributed by atoms with E-state index in [-0.39, 0.29) is 17.2 Å². The summed E-state index contributed by atoms with van der Waals surface area (Å²) < 4.78 is 18.4. The van der Waals surface area contributed by atoms with E-state index in [9.17, 15) is 9.18 Å². The lowest BCUT2D eigenvalue weighted by molar-refractivity contribution is 0.0990. The van der Waals surface area contributed by atoms with Crippen molar-refractivity contribution in [1.29, 1.82) is 0 Å². The molecule has 0 aliphatic carbocycles. The molecule has 0 bridgehead atoms. The maximum absolute atomic E-state index is 13.3. The van der Waals surface area contributed by atoms with Crippen LogP contribution in [-0.4, -0.2) is 12.9 Å². The van der Waals surface area contributed by atoms with Crippen LogP contribution in [0.2, 0.25) is 5.02 Å². The minimum Gasteiger partial charge on any atom is -0.496 e. The summed E-state index contributed by atoms with van der Waals surface area (Å²) in [6, 6.07) is 11.4. The Bertz CT molecular complexity index is 611. The van der Waals surface area contributed by atoms with Crippen LogP contribution < -0.4 is 4.74 Å². The van der Waals surface area contributed by atoms with Crippen molar-refractivity contribution in [2.45, 2.75) is 6.42 Å². The lowest BCUT2D eigenvalue weighted by Gasteiger charge is -2.08. The Balaban J connectivity index is 2.28. The summed E-state index contributed by atoms with van der Waals surface area (Å²) in [7, 11) is 1.50. The van der Waals surface area contributed by atoms with E-state index in [0.717, 1.165) is 0 Å². The highest BCUT2D eigenvalue weighted by molar-refractivity contribution is 6.31.